The molecule has 1 amide bonds. The van der Waals surface area contributed by atoms with Gasteiger partial charge in [0, 0.05) is 10.7 Å². The molecule has 0 aliphatic rings. The molecule has 0 saturated carbocycles. The number of fused-ring (bicyclic) bond motifs is 1. The number of nitrogens with zero attached hydrogens (tertiary/aromatic N) is 2. The summed E-state index contributed by atoms with van der Waals surface area (Å²) in [5, 5.41) is 3.51. The second kappa shape index (κ2) is 6.76. The number of aryl methyl sites for hydroxylation is 1. The predicted molar refractivity (Wildman–Crippen MR) is 98.0 cm³/mol. The quantitative estimate of drug-likeness (QED) is 0.666. The predicted octanol–water partition coefficient (Wildman–Crippen LogP) is 4.52. The van der Waals surface area contributed by atoms with Crippen LogP contribution in [0.3, 0.4) is 0 Å². The topological polar surface area (TPSA) is 46.4 Å². The summed E-state index contributed by atoms with van der Waals surface area (Å²) in [5.74, 6) is -0.0489. The molecule has 1 N–H and O–H groups in total. The number of thioether (sulfide) groups is 1. The molecule has 0 bridgehead atoms. The van der Waals surface area contributed by atoms with Gasteiger partial charge in [-0.05, 0) is 59.6 Å². The molecule has 0 saturated heterocycles. The first kappa shape index (κ1) is 16.1. The molecule has 0 aliphatic carbocycles. The molecule has 4 nitrogen and oxygen atoms in total. The van der Waals surface area contributed by atoms with Gasteiger partial charge in [0.2, 0.25) is 5.91 Å². The Morgan fingerprint density at radius 3 is 2.96 bits per heavy atom. The third-order valence-corrected chi connectivity index (χ3v) is 5.18. The van der Waals surface area contributed by atoms with Crippen LogP contribution in [0.4, 0.5) is 5.69 Å². The van der Waals surface area contributed by atoms with Gasteiger partial charge in [-0.2, -0.15) is 0 Å². The maximum Gasteiger partial charge on any atom is 0.237 e. The maximum atomic E-state index is 12.4. The van der Waals surface area contributed by atoms with E-state index >= 15 is 0 Å². The lowest BCUT2D eigenvalue weighted by Gasteiger charge is -2.13. The van der Waals surface area contributed by atoms with Crippen molar-refractivity contribution in [3.05, 3.63) is 58.8 Å². The zero-order chi connectivity index (χ0) is 16.4. The van der Waals surface area contributed by atoms with E-state index in [2.05, 4.69) is 26.2 Å². The highest BCUT2D eigenvalue weighted by Gasteiger charge is 2.18. The van der Waals surface area contributed by atoms with Crippen molar-refractivity contribution >= 4 is 44.8 Å². The van der Waals surface area contributed by atoms with Crippen LogP contribution >= 0.6 is 27.7 Å². The number of rotatable bonds is 4. The number of amides is 1. The van der Waals surface area contributed by atoms with Crippen molar-refractivity contribution in [2.75, 3.05) is 5.32 Å². The van der Waals surface area contributed by atoms with Gasteiger partial charge in [0.05, 0.1) is 22.7 Å². The van der Waals surface area contributed by atoms with Gasteiger partial charge in [0.25, 0.3) is 0 Å². The van der Waals surface area contributed by atoms with Gasteiger partial charge in [0.1, 0.15) is 0 Å². The molecule has 0 radical (unpaired) electrons. The van der Waals surface area contributed by atoms with Gasteiger partial charge in [-0.15, -0.1) is 0 Å². The summed E-state index contributed by atoms with van der Waals surface area (Å²) < 4.78 is 2.87. The maximum absolute atomic E-state index is 12.4. The Morgan fingerprint density at radius 2 is 2.17 bits per heavy atom. The van der Waals surface area contributed by atoms with Crippen LogP contribution in [0.5, 0.6) is 0 Å². The Labute approximate surface area is 147 Å². The van der Waals surface area contributed by atoms with E-state index < -0.39 is 0 Å². The Balaban J connectivity index is 1.72. The van der Waals surface area contributed by atoms with E-state index in [-0.39, 0.29) is 11.2 Å². The Morgan fingerprint density at radius 1 is 1.35 bits per heavy atom. The minimum Gasteiger partial charge on any atom is -0.324 e. The number of hydrogen-bond acceptors (Lipinski definition) is 3. The first-order valence-corrected chi connectivity index (χ1v) is 8.87. The summed E-state index contributed by atoms with van der Waals surface area (Å²) in [4.78, 5) is 16.8. The molecule has 0 spiro atoms. The van der Waals surface area contributed by atoms with Gasteiger partial charge >= 0.3 is 0 Å². The summed E-state index contributed by atoms with van der Waals surface area (Å²) in [7, 11) is 0. The first-order chi connectivity index (χ1) is 11.0. The summed E-state index contributed by atoms with van der Waals surface area (Å²) in [5.41, 5.74) is 2.94. The van der Waals surface area contributed by atoms with Crippen molar-refractivity contribution < 1.29 is 4.79 Å². The molecule has 1 unspecified atom stereocenters. The molecular formula is C17H16BrN3OS. The molecule has 1 atom stereocenters. The zero-order valence-electron chi connectivity index (χ0n) is 12.8. The van der Waals surface area contributed by atoms with Gasteiger partial charge in [-0.25, -0.2) is 4.98 Å². The smallest absolute Gasteiger partial charge is 0.237 e. The average Bonchev–Trinajstić information content (AvgIpc) is 2.93. The van der Waals surface area contributed by atoms with Crippen molar-refractivity contribution in [2.45, 2.75) is 24.3 Å². The van der Waals surface area contributed by atoms with Crippen LogP contribution in [0.2, 0.25) is 0 Å². The lowest BCUT2D eigenvalue weighted by atomic mass is 10.2. The second-order valence-electron chi connectivity index (χ2n) is 5.27. The number of nitrogens with one attached hydrogen (secondary N) is 1. The number of carbonyl (C=O) groups is 1. The Kier molecular flexibility index (Phi) is 4.73. The van der Waals surface area contributed by atoms with E-state index in [0.29, 0.717) is 0 Å². The second-order valence-corrected chi connectivity index (χ2v) is 7.43. The molecule has 0 fully saturated rings. The number of anilines is 1. The Bertz CT molecular complexity index is 862. The van der Waals surface area contributed by atoms with Crippen LogP contribution < -0.4 is 5.32 Å². The van der Waals surface area contributed by atoms with E-state index in [0.717, 1.165) is 26.4 Å². The van der Waals surface area contributed by atoms with E-state index in [4.69, 9.17) is 0 Å². The molecule has 23 heavy (non-hydrogen) atoms. The van der Waals surface area contributed by atoms with Crippen molar-refractivity contribution in [3.8, 4) is 0 Å². The SMILES string of the molecule is Cc1ccc(NC(=O)C(C)Sc2ncc3ccccn23)c(Br)c1. The minimum atomic E-state index is -0.256. The summed E-state index contributed by atoms with van der Waals surface area (Å²) in [6, 6.07) is 11.8. The normalized spacial score (nSPS) is 12.3. The van der Waals surface area contributed by atoms with Crippen molar-refractivity contribution in [3.63, 3.8) is 0 Å². The average molecular weight is 390 g/mol. The summed E-state index contributed by atoms with van der Waals surface area (Å²) in [6.45, 7) is 3.89. The fraction of sp³-hybridized carbons (Fsp3) is 0.176. The third kappa shape index (κ3) is 3.59. The van der Waals surface area contributed by atoms with Gasteiger partial charge in [-0.1, -0.05) is 23.9 Å². The number of pyridine rings is 1. The standard InChI is InChI=1S/C17H16BrN3OS/c1-11-6-7-15(14(18)9-11)20-16(22)12(2)23-17-19-10-13-5-3-4-8-21(13)17/h3-10,12H,1-2H3,(H,20,22). The van der Waals surface area contributed by atoms with Crippen molar-refractivity contribution in [1.82, 2.24) is 9.38 Å². The van der Waals surface area contributed by atoms with E-state index in [1.165, 1.54) is 11.8 Å². The lowest BCUT2D eigenvalue weighted by Crippen LogP contribution is -2.22. The minimum absolute atomic E-state index is 0.0489. The molecule has 2 aromatic heterocycles. The van der Waals surface area contributed by atoms with Crippen LogP contribution in [0.25, 0.3) is 5.52 Å². The molecule has 6 heteroatoms. The third-order valence-electron chi connectivity index (χ3n) is 3.44. The Hall–Kier alpha value is -1.79. The number of hydrogen-bond donors (Lipinski definition) is 1. The van der Waals surface area contributed by atoms with Gasteiger partial charge in [0.15, 0.2) is 5.16 Å². The first-order valence-electron chi connectivity index (χ1n) is 7.20. The summed E-state index contributed by atoms with van der Waals surface area (Å²) in [6.07, 6.45) is 3.76. The molecule has 118 valence electrons. The largest absolute Gasteiger partial charge is 0.324 e. The zero-order valence-corrected chi connectivity index (χ0v) is 15.2. The molecule has 3 aromatic rings. The van der Waals surface area contributed by atoms with Crippen molar-refractivity contribution in [2.24, 2.45) is 0 Å². The fourth-order valence-corrected chi connectivity index (χ4v) is 3.64. The summed E-state index contributed by atoms with van der Waals surface area (Å²) >= 11 is 4.92. The number of carbonyl (C=O) groups excluding carboxylic acids is 1. The van der Waals surface area contributed by atoms with Crippen LogP contribution in [0.15, 0.2) is 58.4 Å². The van der Waals surface area contributed by atoms with E-state index in [1.54, 1.807) is 0 Å². The number of halogens is 1. The molecule has 3 rings (SSSR count). The van der Waals surface area contributed by atoms with Crippen LogP contribution in [0, 0.1) is 6.92 Å². The number of aromatic nitrogens is 2. The van der Waals surface area contributed by atoms with Crippen LogP contribution in [-0.4, -0.2) is 20.5 Å². The highest BCUT2D eigenvalue weighted by molar-refractivity contribution is 9.10. The van der Waals surface area contributed by atoms with E-state index in [1.807, 2.05) is 67.0 Å². The molecule has 2 heterocycles. The van der Waals surface area contributed by atoms with Crippen LogP contribution in [-0.2, 0) is 4.79 Å². The number of imidazole rings is 1. The monoisotopic (exact) mass is 389 g/mol. The molecule has 0 aliphatic heterocycles. The van der Waals surface area contributed by atoms with E-state index in [9.17, 15) is 4.79 Å². The fourth-order valence-electron chi connectivity index (χ4n) is 2.17. The highest BCUT2D eigenvalue weighted by atomic mass is 79.9. The van der Waals surface area contributed by atoms with Gasteiger partial charge < -0.3 is 5.32 Å². The van der Waals surface area contributed by atoms with Crippen LogP contribution in [0.1, 0.15) is 12.5 Å². The number of benzene rings is 1. The van der Waals surface area contributed by atoms with Gasteiger partial charge in [-0.3, -0.25) is 9.20 Å². The van der Waals surface area contributed by atoms with Crippen molar-refractivity contribution in [1.29, 1.82) is 0 Å². The highest BCUT2D eigenvalue weighted by Crippen LogP contribution is 2.27. The lowest BCUT2D eigenvalue weighted by molar-refractivity contribution is -0.115. The molecular weight excluding hydrogens is 374 g/mol. The molecule has 1 aromatic carbocycles.